The molecule has 0 atom stereocenters. The molecule has 0 aliphatic carbocycles. The van der Waals surface area contributed by atoms with Crippen molar-refractivity contribution in [3.8, 4) is 33.4 Å². The first-order chi connectivity index (χ1) is 25.8. The molecule has 0 spiro atoms. The van der Waals surface area contributed by atoms with Crippen LogP contribution in [0.15, 0.2) is 200 Å². The molecule has 0 saturated carbocycles. The SMILES string of the molecule is c1ccc(-c2ccc(N(c3ccc(-c4ccccc4)cc3)c3cc4ccccc4c4sc5c(-c6ccc7ccccc7c6)cccc5c34)cc2)cc1. The molecule has 0 aliphatic rings. The van der Waals surface area contributed by atoms with Crippen LogP contribution in [-0.4, -0.2) is 0 Å². The maximum atomic E-state index is 2.45. The highest BCUT2D eigenvalue weighted by atomic mass is 32.1. The molecule has 1 heterocycles. The Kier molecular flexibility index (Phi) is 7.41. The Morgan fingerprint density at radius 3 is 1.50 bits per heavy atom. The molecule has 1 nitrogen and oxygen atoms in total. The number of hydrogen-bond donors (Lipinski definition) is 0. The molecular weight excluding hydrogens is 647 g/mol. The molecule has 9 aromatic carbocycles. The van der Waals surface area contributed by atoms with Gasteiger partial charge in [0.2, 0.25) is 0 Å². The molecule has 0 saturated heterocycles. The summed E-state index contributed by atoms with van der Waals surface area (Å²) >= 11 is 1.91. The van der Waals surface area contributed by atoms with Crippen LogP contribution in [-0.2, 0) is 0 Å². The third-order valence-corrected chi connectivity index (χ3v) is 11.5. The van der Waals surface area contributed by atoms with Crippen LogP contribution in [0.2, 0.25) is 0 Å². The normalized spacial score (nSPS) is 11.5. The van der Waals surface area contributed by atoms with Crippen molar-refractivity contribution in [2.24, 2.45) is 0 Å². The monoisotopic (exact) mass is 679 g/mol. The molecular formula is C50H33NS. The summed E-state index contributed by atoms with van der Waals surface area (Å²) in [6.45, 7) is 0. The Morgan fingerprint density at radius 1 is 0.327 bits per heavy atom. The van der Waals surface area contributed by atoms with E-state index in [0.29, 0.717) is 0 Å². The van der Waals surface area contributed by atoms with Crippen LogP contribution in [0.1, 0.15) is 0 Å². The minimum atomic E-state index is 1.12. The molecule has 1 aromatic heterocycles. The Labute approximate surface area is 307 Å². The standard InChI is InChI=1S/C50H33NS/c1-3-12-34(13-4-1)37-24-28-42(29-25-37)51(43-30-26-38(27-31-43)35-14-5-2-6-15-35)47-33-40-18-9-10-19-45(40)50-48(47)46-21-11-20-44(49(46)52-50)41-23-22-36-16-7-8-17-39(36)32-41/h1-33H. The van der Waals surface area contributed by atoms with Gasteiger partial charge < -0.3 is 4.90 Å². The zero-order valence-corrected chi connectivity index (χ0v) is 29.2. The highest BCUT2D eigenvalue weighted by molar-refractivity contribution is 7.27. The second-order valence-electron chi connectivity index (χ2n) is 13.3. The average molecular weight is 680 g/mol. The highest BCUT2D eigenvalue weighted by Gasteiger charge is 2.22. The number of benzene rings is 9. The molecule has 52 heavy (non-hydrogen) atoms. The van der Waals surface area contributed by atoms with Gasteiger partial charge in [0.1, 0.15) is 0 Å². The van der Waals surface area contributed by atoms with Crippen LogP contribution in [0.3, 0.4) is 0 Å². The first-order valence-corrected chi connectivity index (χ1v) is 18.6. The number of thiophene rings is 1. The molecule has 0 radical (unpaired) electrons. The van der Waals surface area contributed by atoms with Gasteiger partial charge in [0.25, 0.3) is 0 Å². The summed E-state index contributed by atoms with van der Waals surface area (Å²) in [6, 6.07) is 72.8. The fraction of sp³-hybridized carbons (Fsp3) is 0. The van der Waals surface area contributed by atoms with Gasteiger partial charge in [-0.05, 0) is 91.3 Å². The lowest BCUT2D eigenvalue weighted by Gasteiger charge is -2.27. The number of nitrogens with zero attached hydrogens (tertiary/aromatic N) is 1. The van der Waals surface area contributed by atoms with Crippen molar-refractivity contribution in [2.75, 3.05) is 4.90 Å². The van der Waals surface area contributed by atoms with Gasteiger partial charge in [0, 0.05) is 31.5 Å². The minimum absolute atomic E-state index is 1.12. The van der Waals surface area contributed by atoms with E-state index in [9.17, 15) is 0 Å². The van der Waals surface area contributed by atoms with Gasteiger partial charge in [-0.1, -0.05) is 164 Å². The largest absolute Gasteiger partial charge is 0.310 e. The van der Waals surface area contributed by atoms with Crippen molar-refractivity contribution in [2.45, 2.75) is 0 Å². The Bertz CT molecular complexity index is 2790. The van der Waals surface area contributed by atoms with Crippen LogP contribution in [0, 0.1) is 0 Å². The van der Waals surface area contributed by atoms with Gasteiger partial charge in [-0.3, -0.25) is 0 Å². The van der Waals surface area contributed by atoms with E-state index in [2.05, 4.69) is 205 Å². The van der Waals surface area contributed by atoms with Crippen molar-refractivity contribution in [3.63, 3.8) is 0 Å². The second kappa shape index (κ2) is 12.7. The number of hydrogen-bond acceptors (Lipinski definition) is 2. The quantitative estimate of drug-likeness (QED) is 0.169. The Hall–Kier alpha value is -6.48. The van der Waals surface area contributed by atoms with Crippen molar-refractivity contribution < 1.29 is 0 Å². The Morgan fingerprint density at radius 2 is 0.846 bits per heavy atom. The first-order valence-electron chi connectivity index (χ1n) is 17.8. The molecule has 0 unspecified atom stereocenters. The zero-order chi connectivity index (χ0) is 34.4. The van der Waals surface area contributed by atoms with E-state index in [1.807, 2.05) is 11.3 Å². The number of fused-ring (bicyclic) bond motifs is 6. The summed E-state index contributed by atoms with van der Waals surface area (Å²) in [5, 5.41) is 7.59. The topological polar surface area (TPSA) is 3.24 Å². The van der Waals surface area contributed by atoms with Gasteiger partial charge in [-0.2, -0.15) is 0 Å². The van der Waals surface area contributed by atoms with E-state index >= 15 is 0 Å². The van der Waals surface area contributed by atoms with Crippen molar-refractivity contribution >= 4 is 70.1 Å². The predicted octanol–water partition coefficient (Wildman–Crippen LogP) is 14.8. The van der Waals surface area contributed by atoms with Crippen LogP contribution in [0.4, 0.5) is 17.1 Å². The predicted molar refractivity (Wildman–Crippen MR) is 225 cm³/mol. The van der Waals surface area contributed by atoms with Crippen molar-refractivity contribution in [1.29, 1.82) is 0 Å². The third-order valence-electron chi connectivity index (χ3n) is 10.2. The van der Waals surface area contributed by atoms with E-state index in [4.69, 9.17) is 0 Å². The van der Waals surface area contributed by atoms with Gasteiger partial charge >= 0.3 is 0 Å². The molecule has 244 valence electrons. The molecule has 0 N–H and O–H groups in total. The van der Waals surface area contributed by atoms with Crippen LogP contribution in [0.25, 0.3) is 75.1 Å². The van der Waals surface area contributed by atoms with Crippen LogP contribution < -0.4 is 4.90 Å². The summed E-state index contributed by atoms with van der Waals surface area (Å²) in [5.74, 6) is 0. The maximum Gasteiger partial charge on any atom is 0.0561 e. The molecule has 2 heteroatoms. The summed E-state index contributed by atoms with van der Waals surface area (Å²) < 4.78 is 2.62. The fourth-order valence-electron chi connectivity index (χ4n) is 7.67. The molecule has 0 fully saturated rings. The van der Waals surface area contributed by atoms with Crippen molar-refractivity contribution in [3.05, 3.63) is 200 Å². The van der Waals surface area contributed by atoms with Gasteiger partial charge in [-0.15, -0.1) is 11.3 Å². The maximum absolute atomic E-state index is 2.45. The Balaban J connectivity index is 1.22. The van der Waals surface area contributed by atoms with Gasteiger partial charge in [0.15, 0.2) is 0 Å². The number of rotatable bonds is 6. The van der Waals surface area contributed by atoms with E-state index in [1.54, 1.807) is 0 Å². The van der Waals surface area contributed by atoms with E-state index in [0.717, 1.165) is 11.4 Å². The smallest absolute Gasteiger partial charge is 0.0561 e. The molecule has 0 bridgehead atoms. The number of anilines is 3. The van der Waals surface area contributed by atoms with Gasteiger partial charge in [-0.25, -0.2) is 0 Å². The molecule has 0 amide bonds. The summed E-state index contributed by atoms with van der Waals surface area (Å²) in [6.07, 6.45) is 0. The minimum Gasteiger partial charge on any atom is -0.310 e. The zero-order valence-electron chi connectivity index (χ0n) is 28.4. The summed E-state index contributed by atoms with van der Waals surface area (Å²) in [5.41, 5.74) is 10.8. The summed E-state index contributed by atoms with van der Waals surface area (Å²) in [7, 11) is 0. The fourth-order valence-corrected chi connectivity index (χ4v) is 9.06. The lowest BCUT2D eigenvalue weighted by Crippen LogP contribution is -2.10. The summed E-state index contributed by atoms with van der Waals surface area (Å²) in [4.78, 5) is 2.45. The van der Waals surface area contributed by atoms with Crippen LogP contribution >= 0.6 is 11.3 Å². The van der Waals surface area contributed by atoms with E-state index in [-0.39, 0.29) is 0 Å². The molecule has 10 aromatic rings. The lowest BCUT2D eigenvalue weighted by atomic mass is 9.97. The molecule has 0 aliphatic heterocycles. The lowest BCUT2D eigenvalue weighted by molar-refractivity contribution is 1.30. The highest BCUT2D eigenvalue weighted by Crippen LogP contribution is 2.50. The second-order valence-corrected chi connectivity index (χ2v) is 14.3. The molecule has 10 rings (SSSR count). The van der Waals surface area contributed by atoms with Crippen LogP contribution in [0.5, 0.6) is 0 Å². The third kappa shape index (κ3) is 5.24. The average Bonchev–Trinajstić information content (AvgIpc) is 3.63. The van der Waals surface area contributed by atoms with Gasteiger partial charge in [0.05, 0.1) is 5.69 Å². The van der Waals surface area contributed by atoms with E-state index < -0.39 is 0 Å². The van der Waals surface area contributed by atoms with Crippen molar-refractivity contribution in [1.82, 2.24) is 0 Å². The first kappa shape index (κ1) is 30.4. The van der Waals surface area contributed by atoms with E-state index in [1.165, 1.54) is 80.8 Å².